The van der Waals surface area contributed by atoms with Crippen molar-refractivity contribution in [1.29, 1.82) is 0 Å². The van der Waals surface area contributed by atoms with Crippen LogP contribution >= 0.6 is 0 Å². The van der Waals surface area contributed by atoms with Crippen LogP contribution in [0, 0.1) is 0 Å². The van der Waals surface area contributed by atoms with Gasteiger partial charge in [-0.25, -0.2) is 4.39 Å². The van der Waals surface area contributed by atoms with Crippen molar-refractivity contribution in [2.24, 2.45) is 0 Å². The van der Waals surface area contributed by atoms with Crippen LogP contribution in [0.1, 0.15) is 19.3 Å². The molecule has 0 saturated heterocycles. The molecule has 0 bridgehead atoms. The van der Waals surface area contributed by atoms with E-state index in [0.29, 0.717) is 0 Å². The van der Waals surface area contributed by atoms with Gasteiger partial charge < -0.3 is 24.8 Å². The summed E-state index contributed by atoms with van der Waals surface area (Å²) in [5.74, 6) is -94.2. The van der Waals surface area contributed by atoms with E-state index in [1.165, 1.54) is 14.1 Å². The first-order chi connectivity index (χ1) is 24.0. The zero-order valence-corrected chi connectivity index (χ0v) is 26.9. The van der Waals surface area contributed by atoms with Crippen LogP contribution in [0.2, 0.25) is 0 Å². The molecular weight excluding hydrogens is 877 g/mol. The number of nitrogens with one attached hydrogen (secondary N) is 1. The summed E-state index contributed by atoms with van der Waals surface area (Å²) >= 11 is 0. The van der Waals surface area contributed by atoms with Gasteiger partial charge in [0.05, 0.1) is 33.3 Å². The Balaban J connectivity index is 6.75. The molecule has 0 amide bonds. The maximum absolute atomic E-state index is 14.2. The maximum atomic E-state index is 14.2. The van der Waals surface area contributed by atoms with Gasteiger partial charge in [0, 0.05) is 38.3 Å². The third-order valence-electron chi connectivity index (χ3n) is 7.74. The molecule has 32 heteroatoms. The number of hydrogen-bond acceptors (Lipinski definition) is 4. The van der Waals surface area contributed by atoms with Gasteiger partial charge in [-0.05, 0) is 0 Å². The number of carboxylic acid groups (broad SMARTS) is 1. The molecule has 0 aliphatic heterocycles. The minimum Gasteiger partial charge on any atom is -0.550 e. The number of rotatable bonds is 21. The monoisotopic (exact) mass is 900 g/mol. The van der Waals surface area contributed by atoms with Gasteiger partial charge in [-0.15, -0.1) is 0 Å². The number of carbonyl (C=O) groups excluding carboxylic acids is 1. The van der Waals surface area contributed by atoms with Gasteiger partial charge in [0.25, 0.3) is 0 Å². The third kappa shape index (κ3) is 8.32. The number of quaternary nitrogens is 1. The van der Waals surface area contributed by atoms with E-state index in [1.54, 1.807) is 0 Å². The van der Waals surface area contributed by atoms with Crippen LogP contribution in [0.4, 0.5) is 119 Å². The number of aliphatic hydroxyl groups excluding tert-OH is 1. The molecule has 2 N–H and O–H groups in total. The Morgan fingerprint density at radius 3 is 1.14 bits per heavy atom. The van der Waals surface area contributed by atoms with Crippen molar-refractivity contribution in [3.05, 3.63) is 0 Å². The predicted molar refractivity (Wildman–Crippen MR) is 125 cm³/mol. The van der Waals surface area contributed by atoms with E-state index >= 15 is 0 Å². The fraction of sp³-hybridized carbons (Fsp3) is 0.958. The number of nitrogens with zero attached hydrogens (tertiary/aromatic N) is 1. The Bertz CT molecular complexity index is 1340. The highest BCUT2D eigenvalue weighted by atomic mass is 19.4. The normalized spacial score (nSPS) is 16.7. The second-order valence-electron chi connectivity index (χ2n) is 12.4. The molecule has 0 aromatic carbocycles. The lowest BCUT2D eigenvalue weighted by molar-refractivity contribution is -0.890. The first kappa shape index (κ1) is 53.5. The molecule has 0 rings (SSSR count). The number of aliphatic carboxylic acids is 1. The summed E-state index contributed by atoms with van der Waals surface area (Å²) < 4.78 is 368. The average molecular weight is 900 g/mol. The number of alkyl halides is 27. The highest BCUT2D eigenvalue weighted by Gasteiger charge is 3.01. The van der Waals surface area contributed by atoms with E-state index < -0.39 is 115 Å². The summed E-state index contributed by atoms with van der Waals surface area (Å²) in [4.78, 5) is 10.5. The summed E-state index contributed by atoms with van der Waals surface area (Å²) in [5.41, 5.74) is -9.25. The minimum atomic E-state index is -9.88. The predicted octanol–water partition coefficient (Wildman–Crippen LogP) is 7.12. The van der Waals surface area contributed by atoms with Crippen LogP contribution in [0.5, 0.6) is 0 Å². The molecule has 336 valence electrons. The highest BCUT2D eigenvalue weighted by Crippen LogP contribution is 2.69. The van der Waals surface area contributed by atoms with Crippen molar-refractivity contribution in [3.63, 3.8) is 0 Å². The molecule has 0 fully saturated rings. The first-order valence-electron chi connectivity index (χ1n) is 14.0. The first-order valence-corrected chi connectivity index (χ1v) is 14.0. The Hall–Kier alpha value is -2.54. The highest BCUT2D eigenvalue weighted by molar-refractivity contribution is 5.64. The fourth-order valence-corrected chi connectivity index (χ4v) is 4.25. The summed E-state index contributed by atoms with van der Waals surface area (Å²) in [7, 11) is 2.84. The van der Waals surface area contributed by atoms with Gasteiger partial charge in [0.1, 0.15) is 0 Å². The number of carboxylic acids is 1. The second-order valence-corrected chi connectivity index (χ2v) is 12.4. The van der Waals surface area contributed by atoms with Crippen LogP contribution in [0.25, 0.3) is 0 Å². The van der Waals surface area contributed by atoms with Crippen molar-refractivity contribution in [2.75, 3.05) is 40.3 Å². The van der Waals surface area contributed by atoms with Crippen molar-refractivity contribution in [2.45, 2.75) is 103 Å². The van der Waals surface area contributed by atoms with Crippen LogP contribution < -0.4 is 10.4 Å². The SMILES string of the molecule is C[N+](C)(CCCNCC(O)CC(F)(F)C(F)(F)C(F)(F)C(F)(F)C(F)(F)C(F)(F)C(F)(F)C(F)(F)C(F)(F)C(F)(F)C(F)(C(F)(F)F)C(F)(F)F)CCC(=O)[O-]. The molecule has 0 aromatic heterocycles. The van der Waals surface area contributed by atoms with E-state index in [1.807, 2.05) is 5.32 Å². The zero-order valence-electron chi connectivity index (χ0n) is 26.9. The molecule has 0 spiro atoms. The lowest BCUT2D eigenvalue weighted by atomic mass is 9.81. The smallest absolute Gasteiger partial charge is 0.438 e. The van der Waals surface area contributed by atoms with Gasteiger partial charge in [0.2, 0.25) is 0 Å². The van der Waals surface area contributed by atoms with Crippen LogP contribution in [0.3, 0.4) is 0 Å². The molecule has 0 saturated carbocycles. The van der Waals surface area contributed by atoms with E-state index in [0.717, 1.165) is 0 Å². The molecule has 1 atom stereocenters. The van der Waals surface area contributed by atoms with Gasteiger partial charge >= 0.3 is 77.2 Å². The maximum Gasteiger partial charge on any atom is 0.438 e. The van der Waals surface area contributed by atoms with Crippen molar-refractivity contribution >= 4 is 5.97 Å². The lowest BCUT2D eigenvalue weighted by Crippen LogP contribution is -2.79. The molecule has 5 nitrogen and oxygen atoms in total. The largest absolute Gasteiger partial charge is 0.550 e. The minimum absolute atomic E-state index is 0.00749. The van der Waals surface area contributed by atoms with Gasteiger partial charge in [-0.1, -0.05) is 0 Å². The van der Waals surface area contributed by atoms with E-state index in [2.05, 4.69) is 0 Å². The molecular formula is C24H23F27N2O3. The number of halogens is 27. The number of aliphatic hydroxyl groups is 1. The van der Waals surface area contributed by atoms with E-state index in [-0.39, 0.29) is 24.0 Å². The molecule has 0 radical (unpaired) electrons. The summed E-state index contributed by atoms with van der Waals surface area (Å²) in [5, 5.41) is 21.9. The Kier molecular flexibility index (Phi) is 14.6. The van der Waals surface area contributed by atoms with Gasteiger partial charge in [-0.3, -0.25) is 0 Å². The van der Waals surface area contributed by atoms with Crippen LogP contribution in [-0.2, 0) is 4.79 Å². The third-order valence-corrected chi connectivity index (χ3v) is 7.74. The molecule has 56 heavy (non-hydrogen) atoms. The Labute approximate surface area is 293 Å². The molecule has 0 aromatic rings. The quantitative estimate of drug-likeness (QED) is 0.0733. The summed E-state index contributed by atoms with van der Waals surface area (Å²) in [6, 6.07) is 0. The van der Waals surface area contributed by atoms with Gasteiger partial charge in [0.15, 0.2) is 0 Å². The van der Waals surface area contributed by atoms with E-state index in [4.69, 9.17) is 0 Å². The average Bonchev–Trinajstić information content (AvgIpc) is 2.96. The zero-order chi connectivity index (χ0) is 45.8. The Morgan fingerprint density at radius 1 is 0.536 bits per heavy atom. The fourth-order valence-electron chi connectivity index (χ4n) is 4.25. The second kappa shape index (κ2) is 15.2. The summed E-state index contributed by atoms with van der Waals surface area (Å²) in [6.45, 7) is -1.97. The number of carbonyl (C=O) groups is 1. The van der Waals surface area contributed by atoms with Crippen LogP contribution in [-0.4, -0.2) is 139 Å². The summed E-state index contributed by atoms with van der Waals surface area (Å²) in [6.07, 6.45) is -24.5. The van der Waals surface area contributed by atoms with Crippen LogP contribution in [0.15, 0.2) is 0 Å². The van der Waals surface area contributed by atoms with Gasteiger partial charge in [-0.2, -0.15) is 114 Å². The Morgan fingerprint density at radius 2 is 0.839 bits per heavy atom. The van der Waals surface area contributed by atoms with Crippen molar-refractivity contribution in [1.82, 2.24) is 5.32 Å². The number of hydrogen-bond donors (Lipinski definition) is 2. The van der Waals surface area contributed by atoms with Crippen molar-refractivity contribution in [3.8, 4) is 0 Å². The molecule has 0 aliphatic rings. The lowest BCUT2D eigenvalue weighted by Gasteiger charge is -2.46. The molecule has 1 unspecified atom stereocenters. The molecule has 0 aliphatic carbocycles. The topological polar surface area (TPSA) is 72.4 Å². The van der Waals surface area contributed by atoms with Crippen molar-refractivity contribution < 1.29 is 138 Å². The van der Waals surface area contributed by atoms with E-state index in [9.17, 15) is 134 Å². The standard InChI is InChI=1S/C24H23F27N2O3/c1-53(2,7-4-11(55)56)6-3-5-52-9-10(54)8-12(25,26)14(28,29)16(32,33)18(36,37)20(40,41)22(44,45)21(42,43)19(38,39)17(34,35)15(30,31)13(27,23(46,47)48)24(49,50)51/h10,52,54H,3-9H2,1-2H3. The molecule has 0 heterocycles.